The predicted octanol–water partition coefficient (Wildman–Crippen LogP) is 1.57. The summed E-state index contributed by atoms with van der Waals surface area (Å²) in [5.41, 5.74) is 0.920. The molecule has 0 aliphatic heterocycles. The lowest BCUT2D eigenvalue weighted by Crippen LogP contribution is -2.30. The van der Waals surface area contributed by atoms with Crippen molar-refractivity contribution in [1.29, 1.82) is 0 Å². The highest BCUT2D eigenvalue weighted by Gasteiger charge is 2.00. The Balaban J connectivity index is 2.06. The third-order valence-corrected chi connectivity index (χ3v) is 3.03. The molecule has 0 aliphatic rings. The number of aliphatic hydroxyl groups excluding tert-OH is 1. The maximum absolute atomic E-state index is 8.64. The van der Waals surface area contributed by atoms with Crippen LogP contribution in [0.4, 0.5) is 5.69 Å². The van der Waals surface area contributed by atoms with Crippen LogP contribution in [-0.4, -0.2) is 27.7 Å². The van der Waals surface area contributed by atoms with E-state index in [9.17, 15) is 0 Å². The Morgan fingerprint density at radius 3 is 3.19 bits per heavy atom. The van der Waals surface area contributed by atoms with Crippen molar-refractivity contribution in [3.63, 3.8) is 0 Å². The van der Waals surface area contributed by atoms with Crippen LogP contribution in [0.25, 0.3) is 10.1 Å². The molecule has 1 aromatic carbocycles. The van der Waals surface area contributed by atoms with Gasteiger partial charge >= 0.3 is 0 Å². The van der Waals surface area contributed by atoms with E-state index in [0.717, 1.165) is 15.8 Å². The average molecular weight is 253 g/mol. The number of aromatic nitrogens is 1. The van der Waals surface area contributed by atoms with Gasteiger partial charge in [0, 0.05) is 23.8 Å². The molecule has 0 saturated carbocycles. The van der Waals surface area contributed by atoms with E-state index in [2.05, 4.69) is 15.0 Å². The summed E-state index contributed by atoms with van der Waals surface area (Å²) >= 11 is 6.53. The minimum absolute atomic E-state index is 0.0648. The molecule has 0 fully saturated rings. The summed E-state index contributed by atoms with van der Waals surface area (Å²) in [6, 6.07) is 5.95. The van der Waals surface area contributed by atoms with Crippen LogP contribution in [0.1, 0.15) is 0 Å². The van der Waals surface area contributed by atoms with Gasteiger partial charge in [-0.25, -0.2) is 0 Å². The van der Waals surface area contributed by atoms with Crippen LogP contribution < -0.4 is 10.6 Å². The molecule has 1 aromatic heterocycles. The van der Waals surface area contributed by atoms with E-state index in [0.29, 0.717) is 11.7 Å². The molecule has 6 heteroatoms. The molecule has 0 radical (unpaired) electrons. The Bertz CT molecular complexity index is 498. The van der Waals surface area contributed by atoms with Gasteiger partial charge < -0.3 is 15.7 Å². The Labute approximate surface area is 102 Å². The minimum Gasteiger partial charge on any atom is -0.395 e. The quantitative estimate of drug-likeness (QED) is 0.725. The summed E-state index contributed by atoms with van der Waals surface area (Å²) in [5.74, 6) is 0. The Morgan fingerprint density at radius 1 is 1.50 bits per heavy atom. The van der Waals surface area contributed by atoms with E-state index in [-0.39, 0.29) is 6.61 Å². The van der Waals surface area contributed by atoms with Crippen LogP contribution >= 0.6 is 23.8 Å². The van der Waals surface area contributed by atoms with E-state index in [1.165, 1.54) is 11.5 Å². The van der Waals surface area contributed by atoms with Gasteiger partial charge in [-0.1, -0.05) is 0 Å². The van der Waals surface area contributed by atoms with Crippen molar-refractivity contribution in [1.82, 2.24) is 9.69 Å². The number of thiocarbonyl (C=S) groups is 1. The number of fused-ring (bicyclic) bond motifs is 1. The first-order valence-corrected chi connectivity index (χ1v) is 5.98. The summed E-state index contributed by atoms with van der Waals surface area (Å²) < 4.78 is 5.26. The monoisotopic (exact) mass is 253 g/mol. The molecule has 2 aromatic rings. The molecule has 2 rings (SSSR count). The van der Waals surface area contributed by atoms with E-state index in [1.807, 2.05) is 24.4 Å². The van der Waals surface area contributed by atoms with Gasteiger partial charge in [0.05, 0.1) is 11.3 Å². The second-order valence-electron chi connectivity index (χ2n) is 3.18. The van der Waals surface area contributed by atoms with Gasteiger partial charge in [-0.15, -0.1) is 0 Å². The van der Waals surface area contributed by atoms with E-state index >= 15 is 0 Å². The van der Waals surface area contributed by atoms with E-state index < -0.39 is 0 Å². The number of hydrogen-bond donors (Lipinski definition) is 3. The predicted molar refractivity (Wildman–Crippen MR) is 70.9 cm³/mol. The molecule has 0 aliphatic carbocycles. The normalized spacial score (nSPS) is 10.3. The topological polar surface area (TPSA) is 57.2 Å². The zero-order valence-corrected chi connectivity index (χ0v) is 10.1. The maximum atomic E-state index is 8.64. The zero-order chi connectivity index (χ0) is 11.4. The van der Waals surface area contributed by atoms with Gasteiger partial charge in [-0.05, 0) is 41.9 Å². The summed E-state index contributed by atoms with van der Waals surface area (Å²) in [7, 11) is 0. The number of anilines is 1. The Hall–Kier alpha value is -1.24. The van der Waals surface area contributed by atoms with Crippen molar-refractivity contribution in [3.8, 4) is 0 Å². The molecular weight excluding hydrogens is 242 g/mol. The largest absolute Gasteiger partial charge is 0.395 e. The minimum atomic E-state index is 0.0648. The third kappa shape index (κ3) is 2.66. The first-order valence-electron chi connectivity index (χ1n) is 4.80. The van der Waals surface area contributed by atoms with E-state index in [4.69, 9.17) is 17.3 Å². The van der Waals surface area contributed by atoms with Crippen molar-refractivity contribution in [2.24, 2.45) is 0 Å². The van der Waals surface area contributed by atoms with Gasteiger partial charge in [-0.3, -0.25) is 0 Å². The molecule has 84 valence electrons. The molecule has 3 N–H and O–H groups in total. The fourth-order valence-corrected chi connectivity index (χ4v) is 2.14. The number of rotatable bonds is 3. The number of nitrogens with one attached hydrogen (secondary N) is 2. The van der Waals surface area contributed by atoms with Gasteiger partial charge in [0.25, 0.3) is 0 Å². The molecule has 0 amide bonds. The van der Waals surface area contributed by atoms with Gasteiger partial charge in [-0.2, -0.15) is 4.37 Å². The van der Waals surface area contributed by atoms with Crippen LogP contribution in [0, 0.1) is 0 Å². The molecule has 1 heterocycles. The van der Waals surface area contributed by atoms with Crippen molar-refractivity contribution >= 4 is 44.6 Å². The number of aliphatic hydroxyl groups is 1. The van der Waals surface area contributed by atoms with Gasteiger partial charge in [0.1, 0.15) is 0 Å². The summed E-state index contributed by atoms with van der Waals surface area (Å²) in [5, 5.41) is 16.2. The van der Waals surface area contributed by atoms with Crippen LogP contribution in [0.2, 0.25) is 0 Å². The second-order valence-corrected chi connectivity index (χ2v) is 4.42. The van der Waals surface area contributed by atoms with Gasteiger partial charge in [0.15, 0.2) is 5.11 Å². The summed E-state index contributed by atoms with van der Waals surface area (Å²) in [4.78, 5) is 0. The van der Waals surface area contributed by atoms with Gasteiger partial charge in [0.2, 0.25) is 0 Å². The molecule has 0 unspecified atom stereocenters. The molecule has 4 nitrogen and oxygen atoms in total. The van der Waals surface area contributed by atoms with Crippen LogP contribution in [0.15, 0.2) is 24.4 Å². The standard InChI is InChI=1S/C10H11N3OS2/c14-4-3-11-10(15)13-8-1-2-9-7(5-8)6-12-16-9/h1-2,5-6,14H,3-4H2,(H2,11,13,15). The SMILES string of the molecule is OCCNC(=S)Nc1ccc2sncc2c1. The molecule has 0 bridgehead atoms. The Kier molecular flexibility index (Phi) is 3.66. The first kappa shape index (κ1) is 11.3. The van der Waals surface area contributed by atoms with Crippen molar-refractivity contribution in [2.45, 2.75) is 0 Å². The number of benzene rings is 1. The maximum Gasteiger partial charge on any atom is 0.170 e. The highest BCUT2D eigenvalue weighted by molar-refractivity contribution is 7.80. The number of nitrogens with zero attached hydrogens (tertiary/aromatic N) is 1. The summed E-state index contributed by atoms with van der Waals surface area (Å²) in [6.07, 6.45) is 1.83. The van der Waals surface area contributed by atoms with Crippen molar-refractivity contribution in [3.05, 3.63) is 24.4 Å². The van der Waals surface area contributed by atoms with Crippen molar-refractivity contribution in [2.75, 3.05) is 18.5 Å². The van der Waals surface area contributed by atoms with Crippen LogP contribution in [0.5, 0.6) is 0 Å². The lowest BCUT2D eigenvalue weighted by atomic mass is 10.2. The summed E-state index contributed by atoms with van der Waals surface area (Å²) in [6.45, 7) is 0.517. The fraction of sp³-hybridized carbons (Fsp3) is 0.200. The first-order chi connectivity index (χ1) is 7.79. The Morgan fingerprint density at radius 2 is 2.38 bits per heavy atom. The fourth-order valence-electron chi connectivity index (χ4n) is 1.29. The average Bonchev–Trinajstić information content (AvgIpc) is 2.73. The third-order valence-electron chi connectivity index (χ3n) is 2.01. The molecule has 16 heavy (non-hydrogen) atoms. The zero-order valence-electron chi connectivity index (χ0n) is 8.43. The highest BCUT2D eigenvalue weighted by Crippen LogP contribution is 2.21. The lowest BCUT2D eigenvalue weighted by Gasteiger charge is -2.09. The molecule has 0 atom stereocenters. The molecular formula is C10H11N3OS2. The highest BCUT2D eigenvalue weighted by atomic mass is 32.1. The second kappa shape index (κ2) is 5.20. The smallest absolute Gasteiger partial charge is 0.170 e. The molecule has 0 spiro atoms. The molecule has 0 saturated heterocycles. The van der Waals surface area contributed by atoms with Crippen molar-refractivity contribution < 1.29 is 5.11 Å². The van der Waals surface area contributed by atoms with E-state index in [1.54, 1.807) is 0 Å². The van der Waals surface area contributed by atoms with Crippen LogP contribution in [0.3, 0.4) is 0 Å². The lowest BCUT2D eigenvalue weighted by molar-refractivity contribution is 0.301. The number of hydrogen-bond acceptors (Lipinski definition) is 4. The van der Waals surface area contributed by atoms with Crippen LogP contribution in [-0.2, 0) is 0 Å².